The predicted molar refractivity (Wildman–Crippen MR) is 64.0 cm³/mol. The van der Waals surface area contributed by atoms with Crippen LogP contribution in [0.5, 0.6) is 0 Å². The maximum absolute atomic E-state index is 12.1. The van der Waals surface area contributed by atoms with E-state index in [4.69, 9.17) is 10.5 Å². The second-order valence-electron chi connectivity index (χ2n) is 4.62. The smallest absolute Gasteiger partial charge is 0.239 e. The lowest BCUT2D eigenvalue weighted by Crippen LogP contribution is -2.49. The Bertz CT molecular complexity index is 229. The second kappa shape index (κ2) is 6.21. The zero-order valence-electron chi connectivity index (χ0n) is 10.6. The third kappa shape index (κ3) is 3.46. The first-order valence-electron chi connectivity index (χ1n) is 6.16. The molecule has 0 saturated heterocycles. The number of nitrogens with two attached hydrogens (primary N) is 1. The van der Waals surface area contributed by atoms with Gasteiger partial charge in [0.05, 0.1) is 12.6 Å². The van der Waals surface area contributed by atoms with E-state index in [2.05, 4.69) is 6.92 Å². The van der Waals surface area contributed by atoms with Gasteiger partial charge in [-0.2, -0.15) is 0 Å². The Morgan fingerprint density at radius 2 is 2.19 bits per heavy atom. The monoisotopic (exact) mass is 228 g/mol. The van der Waals surface area contributed by atoms with Gasteiger partial charge in [0.15, 0.2) is 0 Å². The molecule has 0 spiro atoms. The molecule has 0 bridgehead atoms. The van der Waals surface area contributed by atoms with Gasteiger partial charge in [-0.3, -0.25) is 4.79 Å². The van der Waals surface area contributed by atoms with Gasteiger partial charge in [-0.15, -0.1) is 0 Å². The van der Waals surface area contributed by atoms with Gasteiger partial charge >= 0.3 is 0 Å². The van der Waals surface area contributed by atoms with Gasteiger partial charge in [0.2, 0.25) is 5.91 Å². The molecule has 0 heterocycles. The minimum absolute atomic E-state index is 0.0685. The lowest BCUT2D eigenvalue weighted by atomic mass is 10.1. The van der Waals surface area contributed by atoms with E-state index >= 15 is 0 Å². The molecule has 4 heteroatoms. The molecular formula is C12H24N2O2. The Hall–Kier alpha value is -0.610. The van der Waals surface area contributed by atoms with Crippen molar-refractivity contribution < 1.29 is 9.53 Å². The van der Waals surface area contributed by atoms with Crippen molar-refractivity contribution in [3.8, 4) is 0 Å². The maximum atomic E-state index is 12.1. The largest absolute Gasteiger partial charge is 0.383 e. The summed E-state index contributed by atoms with van der Waals surface area (Å²) in [5.74, 6) is 0.740. The molecule has 0 aromatic carbocycles. The van der Waals surface area contributed by atoms with E-state index in [1.54, 1.807) is 7.11 Å². The highest BCUT2D eigenvalue weighted by Crippen LogP contribution is 2.35. The number of hydrogen-bond acceptors (Lipinski definition) is 3. The van der Waals surface area contributed by atoms with E-state index in [9.17, 15) is 4.79 Å². The molecule has 1 saturated carbocycles. The average Bonchev–Trinajstić information content (AvgIpc) is 3.11. The number of rotatable bonds is 7. The molecule has 1 fully saturated rings. The quantitative estimate of drug-likeness (QED) is 0.707. The van der Waals surface area contributed by atoms with E-state index in [0.29, 0.717) is 31.5 Å². The van der Waals surface area contributed by atoms with E-state index in [1.807, 2.05) is 11.8 Å². The van der Waals surface area contributed by atoms with Crippen LogP contribution in [0.4, 0.5) is 0 Å². The van der Waals surface area contributed by atoms with E-state index < -0.39 is 0 Å². The lowest BCUT2D eigenvalue weighted by molar-refractivity contribution is -0.135. The highest BCUT2D eigenvalue weighted by atomic mass is 16.5. The fourth-order valence-electron chi connectivity index (χ4n) is 1.92. The van der Waals surface area contributed by atoms with Crippen molar-refractivity contribution in [2.24, 2.45) is 11.7 Å². The predicted octanol–water partition coefficient (Wildman–Crippen LogP) is 0.997. The standard InChI is InChI=1S/C12H24N2O2/c1-4-11(13)12(15)14(7-8-16-3)9(2)10-5-6-10/h9-11H,4-8,13H2,1-3H3/t9?,11-/m1/s1. The van der Waals surface area contributed by atoms with Crippen molar-refractivity contribution in [2.45, 2.75) is 45.2 Å². The van der Waals surface area contributed by atoms with E-state index in [0.717, 1.165) is 0 Å². The molecule has 1 aliphatic carbocycles. The number of carbonyl (C=O) groups excluding carboxylic acids is 1. The van der Waals surface area contributed by atoms with Gasteiger partial charge in [0, 0.05) is 19.7 Å². The number of nitrogens with zero attached hydrogens (tertiary/aromatic N) is 1. The zero-order chi connectivity index (χ0) is 12.1. The summed E-state index contributed by atoms with van der Waals surface area (Å²) in [6.07, 6.45) is 3.16. The molecule has 2 N–H and O–H groups in total. The highest BCUT2D eigenvalue weighted by molar-refractivity contribution is 5.81. The molecule has 1 rings (SSSR count). The molecule has 0 aliphatic heterocycles. The van der Waals surface area contributed by atoms with Crippen LogP contribution in [0.25, 0.3) is 0 Å². The number of amides is 1. The van der Waals surface area contributed by atoms with E-state index in [1.165, 1.54) is 12.8 Å². The van der Waals surface area contributed by atoms with E-state index in [-0.39, 0.29) is 11.9 Å². The number of carbonyl (C=O) groups is 1. The fourth-order valence-corrected chi connectivity index (χ4v) is 1.92. The van der Waals surface area contributed by atoms with Crippen molar-refractivity contribution in [1.82, 2.24) is 4.90 Å². The Labute approximate surface area is 98.1 Å². The van der Waals surface area contributed by atoms with Crippen LogP contribution in [0.1, 0.15) is 33.1 Å². The first-order chi connectivity index (χ1) is 7.61. The summed E-state index contributed by atoms with van der Waals surface area (Å²) in [5, 5.41) is 0. The first kappa shape index (κ1) is 13.5. The summed E-state index contributed by atoms with van der Waals surface area (Å²) >= 11 is 0. The van der Waals surface area contributed by atoms with Crippen molar-refractivity contribution in [1.29, 1.82) is 0 Å². The summed E-state index contributed by atoms with van der Waals surface area (Å²) in [5.41, 5.74) is 5.82. The van der Waals surface area contributed by atoms with Crippen molar-refractivity contribution in [3.63, 3.8) is 0 Å². The van der Waals surface area contributed by atoms with Crippen LogP contribution in [0.2, 0.25) is 0 Å². The van der Waals surface area contributed by atoms with Gasteiger partial charge in [-0.1, -0.05) is 6.92 Å². The van der Waals surface area contributed by atoms with Crippen molar-refractivity contribution in [3.05, 3.63) is 0 Å². The van der Waals surface area contributed by atoms with Crippen LogP contribution >= 0.6 is 0 Å². The third-order valence-corrected chi connectivity index (χ3v) is 3.37. The van der Waals surface area contributed by atoms with Crippen LogP contribution in [0, 0.1) is 5.92 Å². The number of ether oxygens (including phenoxy) is 1. The number of methoxy groups -OCH3 is 1. The third-order valence-electron chi connectivity index (χ3n) is 3.37. The van der Waals surface area contributed by atoms with Crippen molar-refractivity contribution >= 4 is 5.91 Å². The fraction of sp³-hybridized carbons (Fsp3) is 0.917. The second-order valence-corrected chi connectivity index (χ2v) is 4.62. The molecule has 4 nitrogen and oxygen atoms in total. The van der Waals surface area contributed by atoms with Gasteiger partial charge in [-0.25, -0.2) is 0 Å². The van der Waals surface area contributed by atoms with Crippen LogP contribution in [0.3, 0.4) is 0 Å². The number of hydrogen-bond donors (Lipinski definition) is 1. The molecule has 1 unspecified atom stereocenters. The average molecular weight is 228 g/mol. The molecule has 94 valence electrons. The zero-order valence-corrected chi connectivity index (χ0v) is 10.6. The molecule has 16 heavy (non-hydrogen) atoms. The Morgan fingerprint density at radius 3 is 2.62 bits per heavy atom. The molecule has 0 aromatic rings. The Balaban J connectivity index is 2.57. The summed E-state index contributed by atoms with van der Waals surface area (Å²) < 4.78 is 5.05. The highest BCUT2D eigenvalue weighted by Gasteiger charge is 2.35. The normalized spacial score (nSPS) is 19.2. The van der Waals surface area contributed by atoms with Gasteiger partial charge < -0.3 is 15.4 Å². The van der Waals surface area contributed by atoms with Gasteiger partial charge in [-0.05, 0) is 32.1 Å². The van der Waals surface area contributed by atoms with Crippen LogP contribution in [0.15, 0.2) is 0 Å². The summed E-state index contributed by atoms with van der Waals surface area (Å²) in [7, 11) is 1.66. The summed E-state index contributed by atoms with van der Waals surface area (Å²) in [4.78, 5) is 14.0. The summed E-state index contributed by atoms with van der Waals surface area (Å²) in [6, 6.07) is -0.0571. The first-order valence-corrected chi connectivity index (χ1v) is 6.16. The van der Waals surface area contributed by atoms with Crippen LogP contribution in [-0.2, 0) is 9.53 Å². The minimum Gasteiger partial charge on any atom is -0.383 e. The van der Waals surface area contributed by atoms with Crippen molar-refractivity contribution in [2.75, 3.05) is 20.3 Å². The van der Waals surface area contributed by atoms with Gasteiger partial charge in [0.1, 0.15) is 0 Å². The topological polar surface area (TPSA) is 55.6 Å². The molecule has 0 aromatic heterocycles. The SMILES string of the molecule is CC[C@@H](N)C(=O)N(CCOC)C(C)C1CC1. The molecule has 0 radical (unpaired) electrons. The summed E-state index contributed by atoms with van der Waals surface area (Å²) in [6.45, 7) is 5.30. The molecule has 2 atom stereocenters. The minimum atomic E-state index is -0.363. The molecule has 1 amide bonds. The molecule has 1 aliphatic rings. The molecular weight excluding hydrogens is 204 g/mol. The van der Waals surface area contributed by atoms with Crippen LogP contribution < -0.4 is 5.73 Å². The Morgan fingerprint density at radius 1 is 1.56 bits per heavy atom. The van der Waals surface area contributed by atoms with Crippen LogP contribution in [-0.4, -0.2) is 43.2 Å². The lowest BCUT2D eigenvalue weighted by Gasteiger charge is -2.31. The Kier molecular flexibility index (Phi) is 5.22. The maximum Gasteiger partial charge on any atom is 0.239 e. The van der Waals surface area contributed by atoms with Gasteiger partial charge in [0.25, 0.3) is 0 Å².